The summed E-state index contributed by atoms with van der Waals surface area (Å²) in [4.78, 5) is -0.155. The Labute approximate surface area is 89.1 Å². The largest absolute Gasteiger partial charge is 0.334 e. The van der Waals surface area contributed by atoms with Gasteiger partial charge in [0, 0.05) is 5.56 Å². The van der Waals surface area contributed by atoms with Crippen molar-refractivity contribution in [3.05, 3.63) is 40.6 Å². The van der Waals surface area contributed by atoms with Gasteiger partial charge in [-0.2, -0.15) is 13.1 Å². The molecule has 0 aliphatic rings. The van der Waals surface area contributed by atoms with E-state index >= 15 is 0 Å². The van der Waals surface area contributed by atoms with E-state index in [1.807, 2.05) is 0 Å². The lowest BCUT2D eigenvalue weighted by atomic mass is 10.2. The monoisotopic (exact) mass is 282 g/mol. The van der Waals surface area contributed by atoms with Gasteiger partial charge in [-0.1, -0.05) is 34.1 Å². The third-order valence-electron chi connectivity index (χ3n) is 1.33. The Kier molecular flexibility index (Phi) is 3.59. The molecule has 4 nitrogen and oxygen atoms in total. The Balaban J connectivity index is 2.90. The van der Waals surface area contributed by atoms with E-state index in [4.69, 9.17) is 4.55 Å². The van der Waals surface area contributed by atoms with Crippen LogP contribution in [0.1, 0.15) is 5.56 Å². The molecule has 0 aliphatic heterocycles. The van der Waals surface area contributed by atoms with Crippen LogP contribution < -0.4 is 4.72 Å². The molecule has 77 valence electrons. The second kappa shape index (κ2) is 4.35. The van der Waals surface area contributed by atoms with Crippen molar-refractivity contribution in [2.45, 2.75) is 0 Å². The molecule has 0 bridgehead atoms. The van der Waals surface area contributed by atoms with Crippen molar-refractivity contribution in [2.75, 3.05) is 0 Å². The van der Waals surface area contributed by atoms with Crippen LogP contribution in [0.4, 0.5) is 4.39 Å². The summed E-state index contributed by atoms with van der Waals surface area (Å²) in [6.07, 6.45) is 0. The van der Waals surface area contributed by atoms with E-state index in [2.05, 4.69) is 15.9 Å². The third-order valence-corrected chi connectivity index (χ3v) is 2.68. The van der Waals surface area contributed by atoms with Crippen LogP contribution in [-0.4, -0.2) is 13.0 Å². The lowest BCUT2D eigenvalue weighted by Crippen LogP contribution is -2.25. The van der Waals surface area contributed by atoms with Crippen molar-refractivity contribution in [3.8, 4) is 0 Å². The SMILES string of the molecule is O=S(=O)(O)N[C](Br)c1ccccc1F. The molecule has 1 rings (SSSR count). The molecule has 1 radical (unpaired) electrons. The van der Waals surface area contributed by atoms with Crippen molar-refractivity contribution in [1.82, 2.24) is 4.72 Å². The summed E-state index contributed by atoms with van der Waals surface area (Å²) in [7, 11) is -4.39. The minimum absolute atomic E-state index is 0.0186. The molecule has 14 heavy (non-hydrogen) atoms. The van der Waals surface area contributed by atoms with Crippen molar-refractivity contribution in [3.63, 3.8) is 0 Å². The summed E-state index contributed by atoms with van der Waals surface area (Å²) >= 11 is 2.80. The predicted molar refractivity (Wildman–Crippen MR) is 52.4 cm³/mol. The van der Waals surface area contributed by atoms with E-state index in [1.54, 1.807) is 4.72 Å². The molecule has 1 aromatic rings. The minimum atomic E-state index is -4.39. The fourth-order valence-corrected chi connectivity index (χ4v) is 2.08. The number of rotatable bonds is 3. The molecule has 1 aromatic carbocycles. The molecular formula is C7H6BrFNO3S. The first-order chi connectivity index (χ1) is 6.40. The second-order valence-corrected chi connectivity index (χ2v) is 4.32. The van der Waals surface area contributed by atoms with E-state index in [9.17, 15) is 12.8 Å². The highest BCUT2D eigenvalue weighted by Crippen LogP contribution is 2.21. The van der Waals surface area contributed by atoms with E-state index in [1.165, 1.54) is 24.3 Å². The Morgan fingerprint density at radius 2 is 2.00 bits per heavy atom. The lowest BCUT2D eigenvalue weighted by molar-refractivity contribution is 0.473. The Hall–Kier alpha value is -0.500. The van der Waals surface area contributed by atoms with Crippen LogP contribution in [0.3, 0.4) is 0 Å². The molecule has 0 heterocycles. The zero-order chi connectivity index (χ0) is 10.8. The molecule has 2 N–H and O–H groups in total. The van der Waals surface area contributed by atoms with Gasteiger partial charge in [0.15, 0.2) is 4.95 Å². The van der Waals surface area contributed by atoms with Gasteiger partial charge in [0.1, 0.15) is 5.82 Å². The third kappa shape index (κ3) is 3.33. The van der Waals surface area contributed by atoms with Crippen LogP contribution in [0.15, 0.2) is 24.3 Å². The highest BCUT2D eigenvalue weighted by atomic mass is 79.9. The van der Waals surface area contributed by atoms with Crippen LogP contribution in [0.2, 0.25) is 0 Å². The smallest absolute Gasteiger partial charge is 0.273 e. The summed E-state index contributed by atoms with van der Waals surface area (Å²) in [5.74, 6) is -0.601. The topological polar surface area (TPSA) is 66.4 Å². The van der Waals surface area contributed by atoms with Gasteiger partial charge >= 0.3 is 10.3 Å². The fourth-order valence-electron chi connectivity index (χ4n) is 0.807. The summed E-state index contributed by atoms with van der Waals surface area (Å²) in [6.45, 7) is 0. The normalized spacial score (nSPS) is 12.0. The van der Waals surface area contributed by atoms with Crippen LogP contribution in [-0.2, 0) is 10.3 Å². The summed E-state index contributed by atoms with van der Waals surface area (Å²) in [5.41, 5.74) is 0.0186. The summed E-state index contributed by atoms with van der Waals surface area (Å²) < 4.78 is 44.0. The van der Waals surface area contributed by atoms with E-state index in [0.717, 1.165) is 0 Å². The number of hydrogen-bond donors (Lipinski definition) is 2. The summed E-state index contributed by atoms with van der Waals surface area (Å²) in [5, 5.41) is 0. The van der Waals surface area contributed by atoms with Crippen LogP contribution in [0.5, 0.6) is 0 Å². The van der Waals surface area contributed by atoms with Crippen LogP contribution >= 0.6 is 15.9 Å². The Bertz CT molecular complexity index is 423. The average molecular weight is 283 g/mol. The molecule has 0 fully saturated rings. The van der Waals surface area contributed by atoms with Gasteiger partial charge in [0.2, 0.25) is 0 Å². The zero-order valence-electron chi connectivity index (χ0n) is 6.74. The number of benzene rings is 1. The van der Waals surface area contributed by atoms with Crippen LogP contribution in [0, 0.1) is 10.8 Å². The molecule has 0 aromatic heterocycles. The molecule has 0 saturated carbocycles. The minimum Gasteiger partial charge on any atom is -0.273 e. The highest BCUT2D eigenvalue weighted by molar-refractivity contribution is 9.11. The lowest BCUT2D eigenvalue weighted by Gasteiger charge is -2.08. The van der Waals surface area contributed by atoms with Gasteiger partial charge < -0.3 is 0 Å². The maximum atomic E-state index is 13.0. The number of halogens is 2. The van der Waals surface area contributed by atoms with E-state index < -0.39 is 16.1 Å². The molecule has 0 aliphatic carbocycles. The van der Waals surface area contributed by atoms with Crippen molar-refractivity contribution < 1.29 is 17.4 Å². The molecule has 7 heteroatoms. The van der Waals surface area contributed by atoms with Crippen LogP contribution in [0.25, 0.3) is 0 Å². The zero-order valence-corrected chi connectivity index (χ0v) is 9.14. The second-order valence-electron chi connectivity index (χ2n) is 2.37. The van der Waals surface area contributed by atoms with E-state index in [0.29, 0.717) is 0 Å². The average Bonchev–Trinajstić information content (AvgIpc) is 2.01. The van der Waals surface area contributed by atoms with Crippen molar-refractivity contribution in [1.29, 1.82) is 0 Å². The molecule has 0 atom stereocenters. The molecule has 0 spiro atoms. The number of hydrogen-bond acceptors (Lipinski definition) is 2. The van der Waals surface area contributed by atoms with Gasteiger partial charge in [-0.15, -0.1) is 0 Å². The van der Waals surface area contributed by atoms with Gasteiger partial charge in [0.25, 0.3) is 0 Å². The molecule has 0 saturated heterocycles. The van der Waals surface area contributed by atoms with Crippen molar-refractivity contribution in [2.24, 2.45) is 0 Å². The summed E-state index contributed by atoms with van der Waals surface area (Å²) in [6, 6.07) is 5.53. The van der Waals surface area contributed by atoms with Gasteiger partial charge in [-0.3, -0.25) is 4.55 Å². The maximum Gasteiger partial charge on any atom is 0.334 e. The van der Waals surface area contributed by atoms with Gasteiger partial charge in [-0.05, 0) is 6.07 Å². The Morgan fingerprint density at radius 1 is 1.43 bits per heavy atom. The molecule has 0 unspecified atom stereocenters. The van der Waals surface area contributed by atoms with E-state index in [-0.39, 0.29) is 10.5 Å². The molecule has 0 amide bonds. The van der Waals surface area contributed by atoms with Gasteiger partial charge in [0.05, 0.1) is 0 Å². The van der Waals surface area contributed by atoms with Crippen molar-refractivity contribution >= 4 is 26.2 Å². The quantitative estimate of drug-likeness (QED) is 0.651. The fraction of sp³-hybridized carbons (Fsp3) is 0. The maximum absolute atomic E-state index is 13.0. The number of nitrogens with one attached hydrogen (secondary N) is 1. The first-order valence-electron chi connectivity index (χ1n) is 3.43. The first-order valence-corrected chi connectivity index (χ1v) is 5.66. The van der Waals surface area contributed by atoms with Gasteiger partial charge in [-0.25, -0.2) is 4.39 Å². The molecular weight excluding hydrogens is 277 g/mol. The standard InChI is InChI=1S/C7H6BrFNO3S/c8-7(10-14(11,12)13)5-3-1-2-4-6(5)9/h1-4,10H,(H,11,12,13). The highest BCUT2D eigenvalue weighted by Gasteiger charge is 2.17. The Morgan fingerprint density at radius 3 is 2.50 bits per heavy atom. The first kappa shape index (κ1) is 11.6. The predicted octanol–water partition coefficient (Wildman–Crippen LogP) is 1.45.